The summed E-state index contributed by atoms with van der Waals surface area (Å²) in [5.74, 6) is -0.109. The number of Topliss-reactive ketones (excluding diaryl/α,β-unsaturated/α-hetero) is 1. The number of halogens is 1. The summed E-state index contributed by atoms with van der Waals surface area (Å²) in [6.07, 6.45) is 0. The highest BCUT2D eigenvalue weighted by Gasteiger charge is 2.20. The van der Waals surface area contributed by atoms with Crippen LogP contribution < -0.4 is 5.32 Å². The van der Waals surface area contributed by atoms with Gasteiger partial charge < -0.3 is 10.4 Å². The molecule has 1 aromatic rings. The first-order valence-electron chi connectivity index (χ1n) is 5.07. The molecule has 0 saturated heterocycles. The van der Waals surface area contributed by atoms with E-state index in [2.05, 4.69) is 5.32 Å². The van der Waals surface area contributed by atoms with E-state index < -0.39 is 0 Å². The van der Waals surface area contributed by atoms with Crippen LogP contribution in [0.15, 0.2) is 0 Å². The molecule has 0 atom stereocenters. The predicted molar refractivity (Wildman–Crippen MR) is 65.6 cm³/mol. The zero-order valence-corrected chi connectivity index (χ0v) is 10.7. The van der Waals surface area contributed by atoms with Gasteiger partial charge in [0.25, 0.3) is 0 Å². The minimum Gasteiger partial charge on any atom is -0.507 e. The minimum absolute atomic E-state index is 0.0413. The SMILES string of the molecule is CNCC(=O)c1c(C)c(Cl)c(C)c(C)c1O. The molecule has 0 amide bonds. The molecule has 0 heterocycles. The van der Waals surface area contributed by atoms with Gasteiger partial charge in [-0.15, -0.1) is 0 Å². The molecule has 1 rings (SSSR count). The van der Waals surface area contributed by atoms with Crippen LogP contribution in [-0.2, 0) is 0 Å². The van der Waals surface area contributed by atoms with Crippen LogP contribution in [0.2, 0.25) is 5.02 Å². The maximum Gasteiger partial charge on any atom is 0.180 e. The van der Waals surface area contributed by atoms with Gasteiger partial charge >= 0.3 is 0 Å². The number of hydrogen-bond acceptors (Lipinski definition) is 3. The molecule has 4 heteroatoms. The average molecular weight is 242 g/mol. The van der Waals surface area contributed by atoms with Crippen molar-refractivity contribution in [3.05, 3.63) is 27.3 Å². The van der Waals surface area contributed by atoms with Gasteiger partial charge in [-0.1, -0.05) is 11.6 Å². The first kappa shape index (κ1) is 13.0. The van der Waals surface area contributed by atoms with E-state index in [4.69, 9.17) is 11.6 Å². The number of hydrogen-bond donors (Lipinski definition) is 2. The third-order valence-corrected chi connectivity index (χ3v) is 3.37. The maximum atomic E-state index is 11.8. The summed E-state index contributed by atoms with van der Waals surface area (Å²) in [5.41, 5.74) is 2.44. The van der Waals surface area contributed by atoms with Crippen molar-refractivity contribution in [2.45, 2.75) is 20.8 Å². The molecule has 0 bridgehead atoms. The number of phenols is 1. The molecule has 0 unspecified atom stereocenters. The van der Waals surface area contributed by atoms with Crippen LogP contribution in [0.4, 0.5) is 0 Å². The molecule has 1 aromatic carbocycles. The van der Waals surface area contributed by atoms with E-state index in [1.54, 1.807) is 20.9 Å². The zero-order chi connectivity index (χ0) is 12.5. The van der Waals surface area contributed by atoms with Crippen molar-refractivity contribution >= 4 is 17.4 Å². The largest absolute Gasteiger partial charge is 0.507 e. The number of rotatable bonds is 3. The number of aromatic hydroxyl groups is 1. The van der Waals surface area contributed by atoms with Crippen molar-refractivity contribution in [1.82, 2.24) is 5.32 Å². The molecular formula is C12H16ClNO2. The Bertz CT molecular complexity index is 412. The van der Waals surface area contributed by atoms with Crippen LogP contribution in [0, 0.1) is 20.8 Å². The molecule has 0 aliphatic heterocycles. The summed E-state index contributed by atoms with van der Waals surface area (Å²) in [6, 6.07) is 0. The molecule has 2 N–H and O–H groups in total. The Morgan fingerprint density at radius 2 is 1.81 bits per heavy atom. The van der Waals surface area contributed by atoms with Gasteiger partial charge in [-0.05, 0) is 44.5 Å². The number of carbonyl (C=O) groups is 1. The standard InChI is InChI=1S/C12H16ClNO2/c1-6-7(2)12(16)10(8(3)11(6)13)9(15)5-14-4/h14,16H,5H2,1-4H3. The molecule has 0 fully saturated rings. The molecule has 0 spiro atoms. The van der Waals surface area contributed by atoms with Gasteiger partial charge in [-0.2, -0.15) is 0 Å². The van der Waals surface area contributed by atoms with Gasteiger partial charge in [-0.3, -0.25) is 4.79 Å². The first-order valence-corrected chi connectivity index (χ1v) is 5.45. The van der Waals surface area contributed by atoms with Gasteiger partial charge in [0.15, 0.2) is 5.78 Å². The van der Waals surface area contributed by atoms with E-state index in [1.807, 2.05) is 6.92 Å². The molecular weight excluding hydrogens is 226 g/mol. The van der Waals surface area contributed by atoms with Crippen LogP contribution in [0.5, 0.6) is 5.75 Å². The summed E-state index contributed by atoms with van der Waals surface area (Å²) in [4.78, 5) is 11.8. The Balaban J connectivity index is 3.45. The van der Waals surface area contributed by atoms with E-state index in [9.17, 15) is 9.90 Å². The maximum absolute atomic E-state index is 11.8. The van der Waals surface area contributed by atoms with Crippen LogP contribution in [0.25, 0.3) is 0 Å². The number of ketones is 1. The molecule has 0 saturated carbocycles. The molecule has 16 heavy (non-hydrogen) atoms. The lowest BCUT2D eigenvalue weighted by Crippen LogP contribution is -2.20. The number of carbonyl (C=O) groups excluding carboxylic acids is 1. The quantitative estimate of drug-likeness (QED) is 0.799. The number of likely N-dealkylation sites (N-methyl/N-ethyl adjacent to an activating group) is 1. The first-order chi connectivity index (χ1) is 7.41. The lowest BCUT2D eigenvalue weighted by molar-refractivity contribution is 0.0990. The van der Waals surface area contributed by atoms with Crippen LogP contribution in [-0.4, -0.2) is 24.5 Å². The smallest absolute Gasteiger partial charge is 0.180 e. The molecule has 0 aliphatic carbocycles. The molecule has 0 aliphatic rings. The topological polar surface area (TPSA) is 49.3 Å². The van der Waals surface area contributed by atoms with Crippen molar-refractivity contribution in [1.29, 1.82) is 0 Å². The van der Waals surface area contributed by atoms with Crippen molar-refractivity contribution in [2.24, 2.45) is 0 Å². The second kappa shape index (κ2) is 4.85. The van der Waals surface area contributed by atoms with Crippen molar-refractivity contribution in [2.75, 3.05) is 13.6 Å². The van der Waals surface area contributed by atoms with Crippen LogP contribution >= 0.6 is 11.6 Å². The average Bonchev–Trinajstić information content (AvgIpc) is 2.24. The van der Waals surface area contributed by atoms with Crippen molar-refractivity contribution in [3.63, 3.8) is 0 Å². The Labute approximate surface area is 100 Å². The molecule has 88 valence electrons. The van der Waals surface area contributed by atoms with Crippen LogP contribution in [0.3, 0.4) is 0 Å². The summed E-state index contributed by atoms with van der Waals surface area (Å²) >= 11 is 6.12. The normalized spacial score (nSPS) is 10.6. The summed E-state index contributed by atoms with van der Waals surface area (Å²) in [5, 5.41) is 13.3. The highest BCUT2D eigenvalue weighted by atomic mass is 35.5. The van der Waals surface area contributed by atoms with Gasteiger partial charge in [0.05, 0.1) is 12.1 Å². The van der Waals surface area contributed by atoms with Gasteiger partial charge in [-0.25, -0.2) is 0 Å². The Morgan fingerprint density at radius 1 is 1.25 bits per heavy atom. The van der Waals surface area contributed by atoms with E-state index in [0.717, 1.165) is 5.56 Å². The third-order valence-electron chi connectivity index (χ3n) is 2.80. The lowest BCUT2D eigenvalue weighted by Gasteiger charge is -2.14. The Hall–Kier alpha value is -1.06. The van der Waals surface area contributed by atoms with Crippen molar-refractivity contribution in [3.8, 4) is 5.75 Å². The molecule has 0 radical (unpaired) electrons. The molecule has 3 nitrogen and oxygen atoms in total. The highest BCUT2D eigenvalue weighted by Crippen LogP contribution is 2.35. The Morgan fingerprint density at radius 3 is 2.31 bits per heavy atom. The van der Waals surface area contributed by atoms with Gasteiger partial charge in [0, 0.05) is 5.02 Å². The lowest BCUT2D eigenvalue weighted by atomic mass is 9.96. The third kappa shape index (κ3) is 2.06. The summed E-state index contributed by atoms with van der Waals surface area (Å²) < 4.78 is 0. The van der Waals surface area contributed by atoms with Crippen molar-refractivity contribution < 1.29 is 9.90 Å². The second-order valence-electron chi connectivity index (χ2n) is 3.87. The number of nitrogens with one attached hydrogen (secondary N) is 1. The number of phenolic OH excluding ortho intramolecular Hbond substituents is 1. The molecule has 0 aromatic heterocycles. The fourth-order valence-corrected chi connectivity index (χ4v) is 1.92. The monoisotopic (exact) mass is 241 g/mol. The van der Waals surface area contributed by atoms with E-state index in [1.165, 1.54) is 0 Å². The summed E-state index contributed by atoms with van der Waals surface area (Å²) in [7, 11) is 1.69. The van der Waals surface area contributed by atoms with E-state index in [-0.39, 0.29) is 18.1 Å². The number of benzene rings is 1. The minimum atomic E-state index is -0.150. The van der Waals surface area contributed by atoms with Crippen LogP contribution in [0.1, 0.15) is 27.0 Å². The van der Waals surface area contributed by atoms with E-state index >= 15 is 0 Å². The summed E-state index contributed by atoms with van der Waals surface area (Å²) in [6.45, 7) is 5.52. The second-order valence-corrected chi connectivity index (χ2v) is 4.24. The zero-order valence-electron chi connectivity index (χ0n) is 9.94. The fourth-order valence-electron chi connectivity index (χ4n) is 1.69. The Kier molecular flexibility index (Phi) is 3.94. The van der Waals surface area contributed by atoms with Gasteiger partial charge in [0.2, 0.25) is 0 Å². The predicted octanol–water partition coefficient (Wildman–Crippen LogP) is 2.37. The highest BCUT2D eigenvalue weighted by molar-refractivity contribution is 6.33. The van der Waals surface area contributed by atoms with E-state index in [0.29, 0.717) is 21.7 Å². The fraction of sp³-hybridized carbons (Fsp3) is 0.417. The van der Waals surface area contributed by atoms with Gasteiger partial charge in [0.1, 0.15) is 5.75 Å².